The van der Waals surface area contributed by atoms with E-state index in [0.717, 1.165) is 5.52 Å². The first kappa shape index (κ1) is 8.04. The number of imidazole rings is 1. The Morgan fingerprint density at radius 2 is 2.00 bits per heavy atom. The minimum absolute atomic E-state index is 0.355. The molecular formula is C12H14N2. The fourth-order valence-electron chi connectivity index (χ4n) is 2.10. The molecule has 0 aliphatic heterocycles. The largest absolute Gasteiger partial charge is 0.331 e. The van der Waals surface area contributed by atoms with Gasteiger partial charge in [0.15, 0.2) is 0 Å². The lowest BCUT2D eigenvalue weighted by Crippen LogP contribution is -2.08. The highest BCUT2D eigenvalue weighted by atomic mass is 15.1. The van der Waals surface area contributed by atoms with Crippen molar-refractivity contribution in [3.8, 4) is 0 Å². The van der Waals surface area contributed by atoms with Gasteiger partial charge in [-0.05, 0) is 25.0 Å². The molecule has 1 saturated carbocycles. The van der Waals surface area contributed by atoms with Crippen LogP contribution >= 0.6 is 0 Å². The number of fused-ring (bicyclic) bond motifs is 1. The molecule has 2 nitrogen and oxygen atoms in total. The normalized spacial score (nSPS) is 18.7. The number of benzene rings is 1. The summed E-state index contributed by atoms with van der Waals surface area (Å²) in [7, 11) is 2.12. The van der Waals surface area contributed by atoms with Gasteiger partial charge in [-0.3, -0.25) is 0 Å². The number of hydrogen-bond donors (Lipinski definition) is 0. The summed E-state index contributed by atoms with van der Waals surface area (Å²) in [5, 5.41) is 0. The molecule has 72 valence electrons. The number of nitrogens with zero attached hydrogens (tertiary/aromatic N) is 2. The van der Waals surface area contributed by atoms with Gasteiger partial charge >= 0.3 is 0 Å². The van der Waals surface area contributed by atoms with E-state index >= 15 is 0 Å². The summed E-state index contributed by atoms with van der Waals surface area (Å²) in [6.07, 6.45) is 2.56. The smallest absolute Gasteiger partial charge is 0.115 e. The molecule has 0 bridgehead atoms. The Morgan fingerprint density at radius 3 is 2.64 bits per heavy atom. The van der Waals surface area contributed by atoms with Crippen LogP contribution in [0.1, 0.15) is 25.6 Å². The molecule has 1 heterocycles. The van der Waals surface area contributed by atoms with Crippen molar-refractivity contribution in [2.75, 3.05) is 0 Å². The van der Waals surface area contributed by atoms with Gasteiger partial charge in [0.25, 0.3) is 0 Å². The van der Waals surface area contributed by atoms with Gasteiger partial charge in [-0.1, -0.05) is 19.1 Å². The van der Waals surface area contributed by atoms with E-state index in [2.05, 4.69) is 36.7 Å². The first-order valence-electron chi connectivity index (χ1n) is 5.13. The molecule has 2 aromatic rings. The van der Waals surface area contributed by atoms with Crippen molar-refractivity contribution in [2.24, 2.45) is 7.05 Å². The summed E-state index contributed by atoms with van der Waals surface area (Å²) in [4.78, 5) is 4.71. The lowest BCUT2D eigenvalue weighted by Gasteiger charge is -2.07. The van der Waals surface area contributed by atoms with Gasteiger partial charge in [0.1, 0.15) is 5.82 Å². The number of aromatic nitrogens is 2. The molecule has 0 spiro atoms. The predicted molar refractivity (Wildman–Crippen MR) is 57.3 cm³/mol. The van der Waals surface area contributed by atoms with E-state index in [1.54, 1.807) is 0 Å². The molecular weight excluding hydrogens is 172 g/mol. The first-order valence-corrected chi connectivity index (χ1v) is 5.13. The van der Waals surface area contributed by atoms with E-state index in [9.17, 15) is 0 Å². The molecule has 3 rings (SSSR count). The van der Waals surface area contributed by atoms with Crippen molar-refractivity contribution in [3.05, 3.63) is 30.1 Å². The van der Waals surface area contributed by atoms with Crippen LogP contribution in [0.4, 0.5) is 0 Å². The van der Waals surface area contributed by atoms with E-state index < -0.39 is 0 Å². The summed E-state index contributed by atoms with van der Waals surface area (Å²) in [6.45, 7) is 2.30. The molecule has 2 heteroatoms. The summed E-state index contributed by atoms with van der Waals surface area (Å²) in [5.41, 5.74) is 2.72. The topological polar surface area (TPSA) is 17.8 Å². The van der Waals surface area contributed by atoms with Gasteiger partial charge in [0, 0.05) is 12.5 Å². The van der Waals surface area contributed by atoms with Crippen LogP contribution < -0.4 is 0 Å². The molecule has 0 N–H and O–H groups in total. The van der Waals surface area contributed by atoms with Crippen molar-refractivity contribution in [1.29, 1.82) is 0 Å². The van der Waals surface area contributed by atoms with Crippen molar-refractivity contribution in [3.63, 3.8) is 0 Å². The minimum atomic E-state index is 0.355. The molecule has 1 aromatic heterocycles. The molecule has 14 heavy (non-hydrogen) atoms. The zero-order chi connectivity index (χ0) is 9.76. The fraction of sp³-hybridized carbons (Fsp3) is 0.417. The Labute approximate surface area is 83.6 Å². The SMILES string of the molecule is Cn1c(C2(C)CC2)nc2ccccc21. The molecule has 0 radical (unpaired) electrons. The number of hydrogen-bond acceptors (Lipinski definition) is 1. The van der Waals surface area contributed by atoms with Gasteiger partial charge in [-0.15, -0.1) is 0 Å². The average Bonchev–Trinajstić information content (AvgIpc) is 2.84. The summed E-state index contributed by atoms with van der Waals surface area (Å²) < 4.78 is 2.24. The molecule has 0 unspecified atom stereocenters. The molecule has 0 amide bonds. The number of para-hydroxylation sites is 2. The van der Waals surface area contributed by atoms with Crippen LogP contribution in [0.5, 0.6) is 0 Å². The zero-order valence-corrected chi connectivity index (χ0v) is 8.62. The third-order valence-corrected chi connectivity index (χ3v) is 3.33. The summed E-state index contributed by atoms with van der Waals surface area (Å²) in [6, 6.07) is 8.35. The molecule has 0 saturated heterocycles. The third kappa shape index (κ3) is 0.939. The highest BCUT2D eigenvalue weighted by Gasteiger charge is 2.42. The van der Waals surface area contributed by atoms with Crippen LogP contribution in [-0.2, 0) is 12.5 Å². The minimum Gasteiger partial charge on any atom is -0.331 e. The van der Waals surface area contributed by atoms with Gasteiger partial charge in [0.05, 0.1) is 11.0 Å². The molecule has 0 atom stereocenters. The zero-order valence-electron chi connectivity index (χ0n) is 8.62. The predicted octanol–water partition coefficient (Wildman–Crippen LogP) is 2.62. The highest BCUT2D eigenvalue weighted by Crippen LogP contribution is 2.47. The lowest BCUT2D eigenvalue weighted by molar-refractivity contribution is 0.668. The monoisotopic (exact) mass is 186 g/mol. The van der Waals surface area contributed by atoms with Gasteiger partial charge in [-0.2, -0.15) is 0 Å². The second-order valence-electron chi connectivity index (χ2n) is 4.54. The Balaban J connectivity index is 2.31. The average molecular weight is 186 g/mol. The Kier molecular flexibility index (Phi) is 1.37. The number of aryl methyl sites for hydroxylation is 1. The quantitative estimate of drug-likeness (QED) is 0.669. The fourth-order valence-corrected chi connectivity index (χ4v) is 2.10. The second-order valence-corrected chi connectivity index (χ2v) is 4.54. The van der Waals surface area contributed by atoms with Crippen LogP contribution in [0.25, 0.3) is 11.0 Å². The van der Waals surface area contributed by atoms with Crippen LogP contribution in [-0.4, -0.2) is 9.55 Å². The second kappa shape index (κ2) is 2.38. The van der Waals surface area contributed by atoms with Crippen LogP contribution in [0.15, 0.2) is 24.3 Å². The third-order valence-electron chi connectivity index (χ3n) is 3.33. The maximum Gasteiger partial charge on any atom is 0.115 e. The first-order chi connectivity index (χ1) is 6.71. The van der Waals surface area contributed by atoms with Crippen molar-refractivity contribution in [2.45, 2.75) is 25.2 Å². The van der Waals surface area contributed by atoms with Gasteiger partial charge in [-0.25, -0.2) is 4.98 Å². The Bertz CT molecular complexity index is 492. The van der Waals surface area contributed by atoms with Gasteiger partial charge in [0.2, 0.25) is 0 Å². The van der Waals surface area contributed by atoms with E-state index in [-0.39, 0.29) is 0 Å². The Hall–Kier alpha value is -1.31. The van der Waals surface area contributed by atoms with Crippen molar-refractivity contribution < 1.29 is 0 Å². The molecule has 1 aliphatic rings. The van der Waals surface area contributed by atoms with Crippen LogP contribution in [0.2, 0.25) is 0 Å². The lowest BCUT2D eigenvalue weighted by atomic mass is 10.1. The Morgan fingerprint density at radius 1 is 1.29 bits per heavy atom. The maximum atomic E-state index is 4.71. The van der Waals surface area contributed by atoms with E-state index in [1.165, 1.54) is 24.2 Å². The summed E-state index contributed by atoms with van der Waals surface area (Å²) >= 11 is 0. The van der Waals surface area contributed by atoms with Crippen molar-refractivity contribution in [1.82, 2.24) is 9.55 Å². The number of rotatable bonds is 1. The molecule has 1 fully saturated rings. The summed E-state index contributed by atoms with van der Waals surface area (Å²) in [5.74, 6) is 1.25. The van der Waals surface area contributed by atoms with Crippen LogP contribution in [0.3, 0.4) is 0 Å². The standard InChI is InChI=1S/C12H14N2/c1-12(7-8-12)11-13-9-5-3-4-6-10(9)14(11)2/h3-6H,7-8H2,1-2H3. The molecule has 1 aromatic carbocycles. The maximum absolute atomic E-state index is 4.71. The molecule has 1 aliphatic carbocycles. The van der Waals surface area contributed by atoms with E-state index in [4.69, 9.17) is 4.98 Å². The van der Waals surface area contributed by atoms with Crippen molar-refractivity contribution >= 4 is 11.0 Å². The van der Waals surface area contributed by atoms with Gasteiger partial charge < -0.3 is 4.57 Å². The highest BCUT2D eigenvalue weighted by molar-refractivity contribution is 5.76. The van der Waals surface area contributed by atoms with E-state index in [0.29, 0.717) is 5.41 Å². The van der Waals surface area contributed by atoms with E-state index in [1.807, 2.05) is 6.07 Å². The van der Waals surface area contributed by atoms with Crippen LogP contribution in [0, 0.1) is 0 Å².